The van der Waals surface area contributed by atoms with Gasteiger partial charge in [0, 0.05) is 5.56 Å². The normalized spacial score (nSPS) is 11.5. The fourth-order valence-electron chi connectivity index (χ4n) is 3.25. The maximum absolute atomic E-state index is 12.1. The summed E-state index contributed by atoms with van der Waals surface area (Å²) in [6.45, 7) is 8.69. The zero-order valence-electron chi connectivity index (χ0n) is 19.3. The van der Waals surface area contributed by atoms with Crippen LogP contribution in [-0.4, -0.2) is 49.3 Å². The molecule has 0 atom stereocenters. The van der Waals surface area contributed by atoms with Crippen molar-refractivity contribution in [1.82, 2.24) is 9.88 Å². The molecule has 1 heterocycles. The van der Waals surface area contributed by atoms with Gasteiger partial charge in [-0.1, -0.05) is 13.0 Å². The number of aromatic nitrogens is 1. The van der Waals surface area contributed by atoms with E-state index in [1.54, 1.807) is 13.2 Å². The molecule has 1 amide bonds. The Bertz CT molecular complexity index is 857. The molecule has 30 heavy (non-hydrogen) atoms. The Kier molecular flexibility index (Phi) is 8.24. The lowest BCUT2D eigenvalue weighted by Gasteiger charge is -2.19. The van der Waals surface area contributed by atoms with Crippen LogP contribution in [0.25, 0.3) is 11.3 Å². The average Bonchev–Trinajstić information content (AvgIpc) is 2.65. The summed E-state index contributed by atoms with van der Waals surface area (Å²) in [6, 6.07) is 9.81. The minimum atomic E-state index is -0.566. The van der Waals surface area contributed by atoms with Crippen molar-refractivity contribution < 1.29 is 14.3 Å². The lowest BCUT2D eigenvalue weighted by Crippen LogP contribution is -2.27. The topological polar surface area (TPSA) is 63.7 Å². The second-order valence-corrected chi connectivity index (χ2v) is 8.62. The van der Waals surface area contributed by atoms with Crippen LogP contribution in [0, 0.1) is 0 Å². The first kappa shape index (κ1) is 23.7. The molecule has 2 rings (SSSR count). The highest BCUT2D eigenvalue weighted by Crippen LogP contribution is 2.33. The number of nitrogens with zero attached hydrogens (tertiary/aromatic N) is 2. The molecular formula is C24H35N3O3. The minimum absolute atomic E-state index is 0.442. The van der Waals surface area contributed by atoms with Crippen molar-refractivity contribution >= 4 is 11.9 Å². The molecule has 2 aromatic rings. The maximum Gasteiger partial charge on any atom is 0.413 e. The van der Waals surface area contributed by atoms with Crippen LogP contribution in [0.15, 0.2) is 30.3 Å². The number of nitrogens with one attached hydrogen (secondary N) is 1. The Morgan fingerprint density at radius 1 is 1.17 bits per heavy atom. The molecule has 0 bridgehead atoms. The fraction of sp³-hybridized carbons (Fsp3) is 0.500. The monoisotopic (exact) mass is 413 g/mol. The summed E-state index contributed by atoms with van der Waals surface area (Å²) in [5.74, 6) is 1.23. The number of hydrogen-bond acceptors (Lipinski definition) is 5. The number of rotatable bonds is 8. The molecule has 164 valence electrons. The Morgan fingerprint density at radius 2 is 1.90 bits per heavy atom. The molecule has 1 aromatic heterocycles. The second kappa shape index (κ2) is 10.4. The van der Waals surface area contributed by atoms with Crippen LogP contribution < -0.4 is 10.1 Å². The molecule has 0 saturated carbocycles. The van der Waals surface area contributed by atoms with E-state index < -0.39 is 11.7 Å². The zero-order chi connectivity index (χ0) is 22.3. The smallest absolute Gasteiger partial charge is 0.413 e. The number of carbonyl (C=O) groups is 1. The van der Waals surface area contributed by atoms with E-state index in [1.807, 2.05) is 32.9 Å². The van der Waals surface area contributed by atoms with Crippen LogP contribution in [-0.2, 0) is 17.6 Å². The summed E-state index contributed by atoms with van der Waals surface area (Å²) in [7, 11) is 5.86. The minimum Gasteiger partial charge on any atom is -0.496 e. The average molecular weight is 414 g/mol. The number of hydrogen-bond donors (Lipinski definition) is 1. The lowest BCUT2D eigenvalue weighted by molar-refractivity contribution is 0.0635. The zero-order valence-corrected chi connectivity index (χ0v) is 19.3. The molecule has 0 unspecified atom stereocenters. The van der Waals surface area contributed by atoms with Gasteiger partial charge < -0.3 is 14.4 Å². The van der Waals surface area contributed by atoms with Crippen LogP contribution in [0.4, 0.5) is 10.6 Å². The van der Waals surface area contributed by atoms with E-state index in [4.69, 9.17) is 9.47 Å². The van der Waals surface area contributed by atoms with E-state index in [2.05, 4.69) is 48.4 Å². The quantitative estimate of drug-likeness (QED) is 0.647. The third-order valence-electron chi connectivity index (χ3n) is 4.61. The maximum atomic E-state index is 12.1. The van der Waals surface area contributed by atoms with Crippen molar-refractivity contribution in [2.75, 3.05) is 33.1 Å². The van der Waals surface area contributed by atoms with E-state index in [-0.39, 0.29) is 0 Å². The van der Waals surface area contributed by atoms with Gasteiger partial charge >= 0.3 is 6.09 Å². The first-order valence-electron chi connectivity index (χ1n) is 10.4. The molecule has 0 spiro atoms. The molecule has 0 aliphatic heterocycles. The summed E-state index contributed by atoms with van der Waals surface area (Å²) in [6.07, 6.45) is 2.51. The molecule has 0 saturated heterocycles. The Labute approximate surface area is 180 Å². The van der Waals surface area contributed by atoms with E-state index in [1.165, 1.54) is 11.1 Å². The number of methoxy groups -OCH3 is 1. The third-order valence-corrected chi connectivity index (χ3v) is 4.61. The predicted molar refractivity (Wildman–Crippen MR) is 122 cm³/mol. The van der Waals surface area contributed by atoms with Gasteiger partial charge in [-0.05, 0) is 96.1 Å². The SMILES string of the molecule is CCc1cc(-c2cccc(NC(=O)OC(C)(C)C)n2)c(OC)cc1CCCN(C)C. The van der Waals surface area contributed by atoms with Crippen molar-refractivity contribution in [2.45, 2.75) is 52.6 Å². The number of pyridine rings is 1. The van der Waals surface area contributed by atoms with Crippen LogP contribution in [0.1, 0.15) is 45.2 Å². The molecule has 0 radical (unpaired) electrons. The number of carbonyl (C=O) groups excluding carboxylic acids is 1. The Morgan fingerprint density at radius 3 is 2.50 bits per heavy atom. The van der Waals surface area contributed by atoms with Gasteiger partial charge in [0.25, 0.3) is 0 Å². The van der Waals surface area contributed by atoms with Crippen LogP contribution in [0.5, 0.6) is 5.75 Å². The van der Waals surface area contributed by atoms with E-state index in [0.29, 0.717) is 5.82 Å². The van der Waals surface area contributed by atoms with E-state index in [9.17, 15) is 4.79 Å². The number of anilines is 1. The van der Waals surface area contributed by atoms with Gasteiger partial charge in [0.2, 0.25) is 0 Å². The van der Waals surface area contributed by atoms with Crippen LogP contribution in [0.3, 0.4) is 0 Å². The number of benzene rings is 1. The van der Waals surface area contributed by atoms with Crippen molar-refractivity contribution in [3.05, 3.63) is 41.5 Å². The highest BCUT2D eigenvalue weighted by atomic mass is 16.6. The highest BCUT2D eigenvalue weighted by Gasteiger charge is 2.17. The van der Waals surface area contributed by atoms with Crippen LogP contribution in [0.2, 0.25) is 0 Å². The van der Waals surface area contributed by atoms with Crippen molar-refractivity contribution in [3.8, 4) is 17.0 Å². The van der Waals surface area contributed by atoms with E-state index >= 15 is 0 Å². The molecule has 6 heteroatoms. The van der Waals surface area contributed by atoms with E-state index in [0.717, 1.165) is 42.8 Å². The van der Waals surface area contributed by atoms with Gasteiger partial charge in [0.05, 0.1) is 12.8 Å². The molecule has 0 fully saturated rings. The standard InChI is InChI=1S/C24H35N3O3/c1-8-17-15-19(21(29-7)16-18(17)11-10-14-27(5)6)20-12-9-13-22(25-20)26-23(28)30-24(2,3)4/h9,12-13,15-16H,8,10-11,14H2,1-7H3,(H,25,26,28). The highest BCUT2D eigenvalue weighted by molar-refractivity contribution is 5.84. The molecule has 0 aliphatic carbocycles. The summed E-state index contributed by atoms with van der Waals surface area (Å²) < 4.78 is 11.0. The van der Waals surface area contributed by atoms with Gasteiger partial charge in [-0.3, -0.25) is 5.32 Å². The van der Waals surface area contributed by atoms with Gasteiger partial charge in [0.15, 0.2) is 0 Å². The van der Waals surface area contributed by atoms with Gasteiger partial charge in [0.1, 0.15) is 17.2 Å². The van der Waals surface area contributed by atoms with Gasteiger partial charge in [-0.2, -0.15) is 0 Å². The first-order chi connectivity index (χ1) is 14.1. The molecular weight excluding hydrogens is 378 g/mol. The van der Waals surface area contributed by atoms with Gasteiger partial charge in [-0.25, -0.2) is 9.78 Å². The van der Waals surface area contributed by atoms with Crippen molar-refractivity contribution in [2.24, 2.45) is 0 Å². The number of amides is 1. The first-order valence-corrected chi connectivity index (χ1v) is 10.4. The predicted octanol–water partition coefficient (Wildman–Crippen LogP) is 5.16. The Balaban J connectivity index is 2.30. The second-order valence-electron chi connectivity index (χ2n) is 8.62. The van der Waals surface area contributed by atoms with Crippen LogP contribution >= 0.6 is 0 Å². The molecule has 1 aromatic carbocycles. The molecule has 1 N–H and O–H groups in total. The number of aryl methyl sites for hydroxylation is 2. The van der Waals surface area contributed by atoms with Gasteiger partial charge in [-0.15, -0.1) is 0 Å². The summed E-state index contributed by atoms with van der Waals surface area (Å²) in [4.78, 5) is 18.9. The third kappa shape index (κ3) is 7.02. The summed E-state index contributed by atoms with van der Waals surface area (Å²) in [5, 5.41) is 2.71. The molecule has 0 aliphatic rings. The summed E-state index contributed by atoms with van der Waals surface area (Å²) >= 11 is 0. The molecule has 6 nitrogen and oxygen atoms in total. The Hall–Kier alpha value is -2.60. The van der Waals surface area contributed by atoms with Crippen molar-refractivity contribution in [3.63, 3.8) is 0 Å². The number of ether oxygens (including phenoxy) is 2. The largest absolute Gasteiger partial charge is 0.496 e. The fourth-order valence-corrected chi connectivity index (χ4v) is 3.25. The lowest BCUT2D eigenvalue weighted by atomic mass is 9.96. The van der Waals surface area contributed by atoms with Crippen molar-refractivity contribution in [1.29, 1.82) is 0 Å². The summed E-state index contributed by atoms with van der Waals surface area (Å²) in [5.41, 5.74) is 3.69.